The van der Waals surface area contributed by atoms with Crippen LogP contribution >= 0.6 is 15.9 Å². The Balaban J connectivity index is 1.83. The molecule has 6 nitrogen and oxygen atoms in total. The maximum absolute atomic E-state index is 13.3. The Labute approximate surface area is 212 Å². The first-order chi connectivity index (χ1) is 16.8. The van der Waals surface area contributed by atoms with E-state index in [0.29, 0.717) is 35.4 Å². The smallest absolute Gasteiger partial charge is 0.338 e. The quantitative estimate of drug-likeness (QED) is 0.183. The molecule has 1 atom stereocenters. The predicted molar refractivity (Wildman–Crippen MR) is 137 cm³/mol. The third kappa shape index (κ3) is 4.91. The highest BCUT2D eigenvalue weighted by Gasteiger charge is 2.47. The summed E-state index contributed by atoms with van der Waals surface area (Å²) in [7, 11) is 0. The molecule has 0 bridgehead atoms. The Morgan fingerprint density at radius 3 is 2.29 bits per heavy atom. The first-order valence-corrected chi connectivity index (χ1v) is 12.0. The first-order valence-electron chi connectivity index (χ1n) is 11.2. The summed E-state index contributed by atoms with van der Waals surface area (Å²) in [5.74, 6) is -2.23. The molecule has 1 amide bonds. The van der Waals surface area contributed by atoms with Crippen LogP contribution < -0.4 is 4.90 Å². The summed E-state index contributed by atoms with van der Waals surface area (Å²) in [4.78, 5) is 40.1. The number of carbonyl (C=O) groups is 3. The minimum Gasteiger partial charge on any atom is -0.507 e. The number of aliphatic hydroxyl groups excluding tert-OH is 1. The van der Waals surface area contributed by atoms with Crippen molar-refractivity contribution in [2.24, 2.45) is 0 Å². The number of hydrogen-bond donors (Lipinski definition) is 1. The van der Waals surface area contributed by atoms with Crippen LogP contribution in [0.1, 0.15) is 46.4 Å². The van der Waals surface area contributed by atoms with Crippen LogP contribution in [0.5, 0.6) is 0 Å². The highest BCUT2D eigenvalue weighted by Crippen LogP contribution is 2.42. The maximum Gasteiger partial charge on any atom is 0.338 e. The number of ketones is 1. The molecule has 7 heteroatoms. The average Bonchev–Trinajstić information content (AvgIpc) is 3.13. The van der Waals surface area contributed by atoms with Gasteiger partial charge in [0.1, 0.15) is 5.76 Å². The molecule has 1 heterocycles. The van der Waals surface area contributed by atoms with Crippen LogP contribution in [0.25, 0.3) is 5.76 Å². The van der Waals surface area contributed by atoms with E-state index in [0.717, 1.165) is 10.0 Å². The van der Waals surface area contributed by atoms with Crippen molar-refractivity contribution in [1.82, 2.24) is 0 Å². The lowest BCUT2D eigenvalue weighted by molar-refractivity contribution is -0.132. The molecule has 178 valence electrons. The molecule has 1 unspecified atom stereocenters. The monoisotopic (exact) mass is 533 g/mol. The first kappa shape index (κ1) is 24.4. The summed E-state index contributed by atoms with van der Waals surface area (Å²) >= 11 is 3.37. The zero-order valence-electron chi connectivity index (χ0n) is 19.3. The zero-order valence-corrected chi connectivity index (χ0v) is 20.9. The van der Waals surface area contributed by atoms with Crippen molar-refractivity contribution < 1.29 is 24.2 Å². The third-order valence-electron chi connectivity index (χ3n) is 5.74. The number of Topliss-reactive ketones (excluding diaryl/α,β-unsaturated/α-hetero) is 1. The molecule has 0 aromatic heterocycles. The molecule has 1 saturated heterocycles. The van der Waals surface area contributed by atoms with E-state index in [2.05, 4.69) is 15.9 Å². The van der Waals surface area contributed by atoms with E-state index in [1.165, 1.54) is 4.90 Å². The Morgan fingerprint density at radius 2 is 1.66 bits per heavy atom. The van der Waals surface area contributed by atoms with Crippen molar-refractivity contribution in [2.45, 2.75) is 26.3 Å². The van der Waals surface area contributed by atoms with E-state index in [4.69, 9.17) is 4.74 Å². The number of nitrogens with zero attached hydrogens (tertiary/aromatic N) is 1. The summed E-state index contributed by atoms with van der Waals surface area (Å²) in [6, 6.07) is 19.8. The van der Waals surface area contributed by atoms with E-state index in [-0.39, 0.29) is 11.3 Å². The van der Waals surface area contributed by atoms with Gasteiger partial charge in [-0.15, -0.1) is 0 Å². The Kier molecular flexibility index (Phi) is 7.17. The third-order valence-corrected chi connectivity index (χ3v) is 6.27. The summed E-state index contributed by atoms with van der Waals surface area (Å²) in [6.07, 6.45) is 0.712. The van der Waals surface area contributed by atoms with Crippen molar-refractivity contribution in [2.75, 3.05) is 11.5 Å². The molecule has 1 aliphatic heterocycles. The van der Waals surface area contributed by atoms with E-state index in [9.17, 15) is 19.5 Å². The minimum absolute atomic E-state index is 0.00866. The molecule has 1 N–H and O–H groups in total. The number of carbonyl (C=O) groups excluding carboxylic acids is 3. The molecular weight excluding hydrogens is 510 g/mol. The van der Waals surface area contributed by atoms with Crippen LogP contribution in [0.15, 0.2) is 82.8 Å². The highest BCUT2D eigenvalue weighted by molar-refractivity contribution is 9.10. The molecule has 35 heavy (non-hydrogen) atoms. The van der Waals surface area contributed by atoms with Gasteiger partial charge >= 0.3 is 5.97 Å². The maximum atomic E-state index is 13.3. The second-order valence-electron chi connectivity index (χ2n) is 8.27. The predicted octanol–water partition coefficient (Wildman–Crippen LogP) is 5.95. The van der Waals surface area contributed by atoms with Crippen molar-refractivity contribution in [3.05, 3.63) is 105 Å². The van der Waals surface area contributed by atoms with Crippen molar-refractivity contribution in [1.29, 1.82) is 0 Å². The second kappa shape index (κ2) is 10.3. The fourth-order valence-electron chi connectivity index (χ4n) is 4.05. The second-order valence-corrected chi connectivity index (χ2v) is 9.19. The fourth-order valence-corrected chi connectivity index (χ4v) is 4.32. The van der Waals surface area contributed by atoms with Crippen LogP contribution in [0, 0.1) is 6.92 Å². The van der Waals surface area contributed by atoms with Gasteiger partial charge in [0.2, 0.25) is 0 Å². The van der Waals surface area contributed by atoms with E-state index in [1.54, 1.807) is 48.5 Å². The van der Waals surface area contributed by atoms with Crippen molar-refractivity contribution in [3.63, 3.8) is 0 Å². The van der Waals surface area contributed by atoms with E-state index in [1.807, 2.05) is 38.1 Å². The number of esters is 1. The van der Waals surface area contributed by atoms with Crippen LogP contribution in [-0.2, 0) is 14.3 Å². The average molecular weight is 534 g/mol. The van der Waals surface area contributed by atoms with Gasteiger partial charge in [-0.2, -0.15) is 0 Å². The number of aliphatic hydroxyl groups is 1. The minimum atomic E-state index is -0.837. The van der Waals surface area contributed by atoms with Crippen LogP contribution in [-0.4, -0.2) is 29.4 Å². The number of aryl methyl sites for hydroxylation is 1. The molecule has 0 saturated carbocycles. The van der Waals surface area contributed by atoms with Gasteiger partial charge in [0, 0.05) is 15.7 Å². The van der Waals surface area contributed by atoms with Crippen LogP contribution in [0.2, 0.25) is 0 Å². The summed E-state index contributed by atoms with van der Waals surface area (Å²) < 4.78 is 5.99. The number of amides is 1. The number of benzene rings is 3. The lowest BCUT2D eigenvalue weighted by Crippen LogP contribution is -2.29. The van der Waals surface area contributed by atoms with Gasteiger partial charge in [-0.25, -0.2) is 4.79 Å². The summed E-state index contributed by atoms with van der Waals surface area (Å²) in [5, 5.41) is 11.2. The highest BCUT2D eigenvalue weighted by atomic mass is 79.9. The number of ether oxygens (including phenoxy) is 1. The Morgan fingerprint density at radius 1 is 1.00 bits per heavy atom. The molecule has 1 fully saturated rings. The van der Waals surface area contributed by atoms with Gasteiger partial charge in [0.05, 0.1) is 23.8 Å². The molecule has 4 rings (SSSR count). The SMILES string of the molecule is CCCOC(=O)c1ccc(N2C(=O)C(=O)/C(=C(/O)c3ccc(Br)cc3)C2c2cccc(C)c2)cc1. The van der Waals surface area contributed by atoms with Gasteiger partial charge in [-0.1, -0.05) is 64.8 Å². The molecule has 0 aliphatic carbocycles. The molecule has 0 spiro atoms. The molecule has 3 aromatic rings. The normalized spacial score (nSPS) is 17.0. The number of hydrogen-bond acceptors (Lipinski definition) is 5. The molecule has 3 aromatic carbocycles. The van der Waals surface area contributed by atoms with E-state index < -0.39 is 23.7 Å². The number of anilines is 1. The summed E-state index contributed by atoms with van der Waals surface area (Å²) in [6.45, 7) is 4.15. The molecule has 0 radical (unpaired) electrons. The Bertz CT molecular complexity index is 1310. The van der Waals surface area contributed by atoms with Crippen molar-refractivity contribution >= 4 is 45.0 Å². The lowest BCUT2D eigenvalue weighted by Gasteiger charge is -2.26. The largest absolute Gasteiger partial charge is 0.507 e. The standard InChI is InChI=1S/C28H24BrNO5/c1-3-15-35-28(34)19-9-13-22(14-10-19)30-24(20-6-4-5-17(2)16-20)23(26(32)27(30)33)25(31)18-7-11-21(29)12-8-18/h4-14,16,24,31H,3,15H2,1-2H3/b25-23+. The fraction of sp³-hybridized carbons (Fsp3) is 0.179. The van der Waals surface area contributed by atoms with Gasteiger partial charge in [-0.3, -0.25) is 14.5 Å². The van der Waals surface area contributed by atoms with E-state index >= 15 is 0 Å². The molecular formula is C28H24BrNO5. The van der Waals surface area contributed by atoms with Gasteiger partial charge in [0.15, 0.2) is 0 Å². The van der Waals surface area contributed by atoms with Crippen LogP contribution in [0.4, 0.5) is 5.69 Å². The number of halogens is 1. The van der Waals surface area contributed by atoms with Gasteiger partial charge < -0.3 is 9.84 Å². The topological polar surface area (TPSA) is 83.9 Å². The molecule has 1 aliphatic rings. The van der Waals surface area contributed by atoms with Crippen LogP contribution in [0.3, 0.4) is 0 Å². The zero-order chi connectivity index (χ0) is 25.1. The Hall–Kier alpha value is -3.71. The van der Waals surface area contributed by atoms with Gasteiger partial charge in [0.25, 0.3) is 11.7 Å². The van der Waals surface area contributed by atoms with Crippen molar-refractivity contribution in [3.8, 4) is 0 Å². The summed E-state index contributed by atoms with van der Waals surface area (Å²) in [5.41, 5.74) is 2.86. The lowest BCUT2D eigenvalue weighted by atomic mass is 9.94. The van der Waals surface area contributed by atoms with Gasteiger partial charge in [-0.05, 0) is 55.3 Å². The number of rotatable bonds is 6.